The third-order valence-corrected chi connectivity index (χ3v) is 3.82. The number of nitrogens with zero attached hydrogens (tertiary/aromatic N) is 1. The summed E-state index contributed by atoms with van der Waals surface area (Å²) in [5.74, 6) is -1.62. The first-order valence-electron chi connectivity index (χ1n) is 6.83. The molecule has 0 atom stereocenters. The first-order valence-corrected chi connectivity index (χ1v) is 6.83. The lowest BCUT2D eigenvalue weighted by molar-refractivity contribution is 0.0694. The highest BCUT2D eigenvalue weighted by Crippen LogP contribution is 2.26. The van der Waals surface area contributed by atoms with Gasteiger partial charge in [0.1, 0.15) is 11.4 Å². The van der Waals surface area contributed by atoms with Gasteiger partial charge >= 0.3 is 5.97 Å². The minimum atomic E-state index is -1.23. The van der Waals surface area contributed by atoms with Gasteiger partial charge in [0.05, 0.1) is 0 Å². The summed E-state index contributed by atoms with van der Waals surface area (Å²) in [6.07, 6.45) is 4.06. The maximum atomic E-state index is 13.1. The number of aryl methyl sites for hydroxylation is 1. The molecule has 3 rings (SSSR count). The van der Waals surface area contributed by atoms with Gasteiger partial charge in [-0.2, -0.15) is 0 Å². The van der Waals surface area contributed by atoms with Gasteiger partial charge in [0.15, 0.2) is 0 Å². The van der Waals surface area contributed by atoms with Gasteiger partial charge in [-0.3, -0.25) is 4.79 Å². The average molecular weight is 287 g/mol. The van der Waals surface area contributed by atoms with Crippen molar-refractivity contribution in [2.24, 2.45) is 0 Å². The maximum absolute atomic E-state index is 13.1. The van der Waals surface area contributed by atoms with Crippen LogP contribution in [0, 0.1) is 5.82 Å². The largest absolute Gasteiger partial charge is 0.477 e. The molecule has 21 heavy (non-hydrogen) atoms. The van der Waals surface area contributed by atoms with E-state index in [1.54, 1.807) is 0 Å². The van der Waals surface area contributed by atoms with Crippen molar-refractivity contribution < 1.29 is 14.3 Å². The number of benzene rings is 1. The van der Waals surface area contributed by atoms with E-state index < -0.39 is 11.4 Å². The molecule has 1 aromatic carbocycles. The summed E-state index contributed by atoms with van der Waals surface area (Å²) in [7, 11) is 0. The van der Waals surface area contributed by atoms with E-state index >= 15 is 0 Å². The molecule has 0 bridgehead atoms. The lowest BCUT2D eigenvalue weighted by atomic mass is 9.95. The van der Waals surface area contributed by atoms with Gasteiger partial charge in [-0.15, -0.1) is 0 Å². The SMILES string of the molecule is O=C(O)c1cn2c(c(-c3ccc(F)cc3)c1=O)CCCC2. The van der Waals surface area contributed by atoms with Gasteiger partial charge in [0, 0.05) is 24.0 Å². The van der Waals surface area contributed by atoms with E-state index in [9.17, 15) is 19.1 Å². The molecule has 4 nitrogen and oxygen atoms in total. The third-order valence-electron chi connectivity index (χ3n) is 3.82. The Morgan fingerprint density at radius 3 is 2.57 bits per heavy atom. The van der Waals surface area contributed by atoms with Gasteiger partial charge in [-0.1, -0.05) is 12.1 Å². The highest BCUT2D eigenvalue weighted by Gasteiger charge is 2.22. The van der Waals surface area contributed by atoms with Crippen LogP contribution in [0.4, 0.5) is 4.39 Å². The number of fused-ring (bicyclic) bond motifs is 1. The lowest BCUT2D eigenvalue weighted by Crippen LogP contribution is -2.25. The lowest BCUT2D eigenvalue weighted by Gasteiger charge is -2.22. The summed E-state index contributed by atoms with van der Waals surface area (Å²) < 4.78 is 14.9. The smallest absolute Gasteiger partial charge is 0.341 e. The van der Waals surface area contributed by atoms with E-state index in [4.69, 9.17) is 0 Å². The van der Waals surface area contributed by atoms with Gasteiger partial charge in [-0.05, 0) is 37.0 Å². The Hall–Kier alpha value is -2.43. The number of aromatic nitrogens is 1. The molecule has 1 aliphatic heterocycles. The van der Waals surface area contributed by atoms with E-state index in [0.29, 0.717) is 17.7 Å². The zero-order chi connectivity index (χ0) is 15.0. The molecule has 0 radical (unpaired) electrons. The molecule has 2 heterocycles. The molecule has 0 fully saturated rings. The van der Waals surface area contributed by atoms with Crippen LogP contribution in [-0.2, 0) is 13.0 Å². The fourth-order valence-corrected chi connectivity index (χ4v) is 2.81. The predicted molar refractivity (Wildman–Crippen MR) is 76.0 cm³/mol. The molecule has 0 amide bonds. The predicted octanol–water partition coefficient (Wildman–Crippen LogP) is 2.69. The number of rotatable bonds is 2. The normalized spacial score (nSPS) is 13.8. The summed E-state index contributed by atoms with van der Waals surface area (Å²) in [5.41, 5.74) is 1.05. The van der Waals surface area contributed by atoms with Crippen LogP contribution >= 0.6 is 0 Å². The van der Waals surface area contributed by atoms with Crippen molar-refractivity contribution in [3.63, 3.8) is 0 Å². The first-order chi connectivity index (χ1) is 10.1. The minimum Gasteiger partial charge on any atom is -0.477 e. The van der Waals surface area contributed by atoms with Crippen molar-refractivity contribution in [3.05, 3.63) is 57.8 Å². The minimum absolute atomic E-state index is 0.236. The van der Waals surface area contributed by atoms with E-state index in [1.165, 1.54) is 30.5 Å². The number of carboxylic acid groups (broad SMARTS) is 1. The van der Waals surface area contributed by atoms with Crippen LogP contribution in [0.25, 0.3) is 11.1 Å². The molecule has 1 aliphatic rings. The second-order valence-electron chi connectivity index (χ2n) is 5.16. The van der Waals surface area contributed by atoms with Crippen LogP contribution in [0.1, 0.15) is 28.9 Å². The summed E-state index contributed by atoms with van der Waals surface area (Å²) in [5, 5.41) is 9.21. The molecule has 1 aromatic heterocycles. The number of hydrogen-bond donors (Lipinski definition) is 1. The van der Waals surface area contributed by atoms with E-state index in [2.05, 4.69) is 0 Å². The van der Waals surface area contributed by atoms with Gasteiger partial charge in [-0.25, -0.2) is 9.18 Å². The number of carboxylic acids is 1. The van der Waals surface area contributed by atoms with Crippen LogP contribution < -0.4 is 5.43 Å². The van der Waals surface area contributed by atoms with Crippen LogP contribution in [0.2, 0.25) is 0 Å². The molecule has 5 heteroatoms. The highest BCUT2D eigenvalue weighted by molar-refractivity contribution is 5.89. The number of pyridine rings is 1. The van der Waals surface area contributed by atoms with Crippen molar-refractivity contribution in [2.75, 3.05) is 0 Å². The van der Waals surface area contributed by atoms with Crippen molar-refractivity contribution in [2.45, 2.75) is 25.8 Å². The fourth-order valence-electron chi connectivity index (χ4n) is 2.81. The highest BCUT2D eigenvalue weighted by atomic mass is 19.1. The molecule has 0 saturated carbocycles. The summed E-state index contributed by atoms with van der Waals surface area (Å²) >= 11 is 0. The molecular formula is C16H14FNO3. The Bertz CT molecular complexity index is 762. The summed E-state index contributed by atoms with van der Waals surface area (Å²) in [4.78, 5) is 23.8. The van der Waals surface area contributed by atoms with Crippen molar-refractivity contribution in [1.29, 1.82) is 0 Å². The van der Waals surface area contributed by atoms with Crippen molar-refractivity contribution in [3.8, 4) is 11.1 Å². The van der Waals surface area contributed by atoms with Crippen LogP contribution in [0.5, 0.6) is 0 Å². The van der Waals surface area contributed by atoms with Crippen molar-refractivity contribution in [1.82, 2.24) is 4.57 Å². The number of halogens is 1. The van der Waals surface area contributed by atoms with Crippen LogP contribution in [0.15, 0.2) is 35.3 Å². The second kappa shape index (κ2) is 5.16. The fraction of sp³-hybridized carbons (Fsp3) is 0.250. The zero-order valence-corrected chi connectivity index (χ0v) is 11.3. The van der Waals surface area contributed by atoms with E-state index in [0.717, 1.165) is 25.0 Å². The van der Waals surface area contributed by atoms with E-state index in [1.807, 2.05) is 4.57 Å². The molecule has 108 valence electrons. The standard InChI is InChI=1S/C16H14FNO3/c17-11-6-4-10(5-7-11)14-13-3-1-2-8-18(13)9-12(15(14)19)16(20)21/h4-7,9H,1-3,8H2,(H,20,21). The van der Waals surface area contributed by atoms with E-state index in [-0.39, 0.29) is 11.4 Å². The summed E-state index contributed by atoms with van der Waals surface area (Å²) in [6.45, 7) is 0.699. The Morgan fingerprint density at radius 2 is 1.90 bits per heavy atom. The first kappa shape index (κ1) is 13.5. The number of aromatic carboxylic acids is 1. The topological polar surface area (TPSA) is 59.3 Å². The molecule has 0 spiro atoms. The number of hydrogen-bond acceptors (Lipinski definition) is 2. The summed E-state index contributed by atoms with van der Waals surface area (Å²) in [6, 6.07) is 5.60. The van der Waals surface area contributed by atoms with Crippen molar-refractivity contribution >= 4 is 5.97 Å². The molecule has 1 N–H and O–H groups in total. The molecule has 0 saturated heterocycles. The molecule has 2 aromatic rings. The monoisotopic (exact) mass is 287 g/mol. The van der Waals surface area contributed by atoms with Gasteiger partial charge in [0.2, 0.25) is 5.43 Å². The van der Waals surface area contributed by atoms with Crippen LogP contribution in [-0.4, -0.2) is 15.6 Å². The molecular weight excluding hydrogens is 273 g/mol. The molecule has 0 aliphatic carbocycles. The Labute approximate surface area is 120 Å². The Morgan fingerprint density at radius 1 is 1.19 bits per heavy atom. The van der Waals surface area contributed by atoms with Gasteiger partial charge in [0.25, 0.3) is 0 Å². The van der Waals surface area contributed by atoms with Crippen LogP contribution in [0.3, 0.4) is 0 Å². The number of carbonyl (C=O) groups is 1. The van der Waals surface area contributed by atoms with Gasteiger partial charge < -0.3 is 9.67 Å². The Kier molecular flexibility index (Phi) is 3.33. The zero-order valence-electron chi connectivity index (χ0n) is 11.3. The quantitative estimate of drug-likeness (QED) is 0.923. The Balaban J connectivity index is 2.31. The maximum Gasteiger partial charge on any atom is 0.341 e. The molecule has 0 unspecified atom stereocenters. The second-order valence-corrected chi connectivity index (χ2v) is 5.16. The third kappa shape index (κ3) is 2.35. The average Bonchev–Trinajstić information content (AvgIpc) is 2.48.